The number of carboxylic acid groups (broad SMARTS) is 1. The molecule has 0 bridgehead atoms. The molecule has 10 N–H and O–H groups in total. The summed E-state index contributed by atoms with van der Waals surface area (Å²) in [6, 6.07) is 4.55. The number of nitrogens with two attached hydrogens (primary N) is 3. The van der Waals surface area contributed by atoms with E-state index in [9.17, 15) is 29.1 Å². The Hall–Kier alpha value is -3.51. The molecule has 12 heteroatoms. The lowest BCUT2D eigenvalue weighted by Gasteiger charge is -2.27. The minimum atomic E-state index is -1.21. The third kappa shape index (κ3) is 11.8. The Balaban J connectivity index is 2.95. The first-order valence-electron chi connectivity index (χ1n) is 12.4. The molecule has 0 aliphatic carbocycles. The number of aliphatic carboxylic acids is 1. The molecule has 1 rings (SSSR count). The van der Waals surface area contributed by atoms with Gasteiger partial charge in [-0.1, -0.05) is 44.2 Å². The van der Waals surface area contributed by atoms with Gasteiger partial charge in [-0.25, -0.2) is 4.79 Å². The number of rotatable bonds is 17. The van der Waals surface area contributed by atoms with Crippen molar-refractivity contribution in [2.45, 2.75) is 76.5 Å². The van der Waals surface area contributed by atoms with Gasteiger partial charge < -0.3 is 38.3 Å². The second-order valence-electron chi connectivity index (χ2n) is 9.28. The highest BCUT2D eigenvalue weighted by Crippen LogP contribution is 2.09. The van der Waals surface area contributed by atoms with Crippen molar-refractivity contribution in [2.75, 3.05) is 6.54 Å². The van der Waals surface area contributed by atoms with Crippen molar-refractivity contribution < 1.29 is 29.1 Å². The molecule has 0 saturated heterocycles. The summed E-state index contributed by atoms with van der Waals surface area (Å²) >= 11 is 0. The highest BCUT2D eigenvalue weighted by molar-refractivity contribution is 5.94. The molecule has 37 heavy (non-hydrogen) atoms. The van der Waals surface area contributed by atoms with E-state index in [1.807, 2.05) is 0 Å². The Morgan fingerprint density at radius 1 is 0.865 bits per heavy atom. The van der Waals surface area contributed by atoms with Crippen LogP contribution in [0, 0.1) is 5.92 Å². The van der Waals surface area contributed by atoms with Gasteiger partial charge in [-0.05, 0) is 43.7 Å². The summed E-state index contributed by atoms with van der Waals surface area (Å²) in [4.78, 5) is 61.4. The number of amides is 4. The summed E-state index contributed by atoms with van der Waals surface area (Å²) in [6.07, 6.45) is 1.36. The standard InChI is InChI=1S/C25H40N6O6/c1-15(2)21(31-22(33)17(27)11-12-20(28)32)24(35)29-18(10-6-7-13-26)23(34)30-19(25(36)37)14-16-8-4-3-5-9-16/h3-5,8-9,15,17-19,21H,6-7,10-14,26-27H2,1-2H3,(H2,28,32)(H,29,35)(H,30,34)(H,31,33)(H,36,37). The first-order valence-corrected chi connectivity index (χ1v) is 12.4. The molecule has 0 heterocycles. The number of benzene rings is 1. The predicted molar refractivity (Wildman–Crippen MR) is 138 cm³/mol. The Morgan fingerprint density at radius 3 is 2.03 bits per heavy atom. The number of primary amides is 1. The minimum Gasteiger partial charge on any atom is -0.480 e. The summed E-state index contributed by atoms with van der Waals surface area (Å²) in [5.41, 5.74) is 17.2. The minimum absolute atomic E-state index is 0.0235. The smallest absolute Gasteiger partial charge is 0.326 e. The average Bonchev–Trinajstić information content (AvgIpc) is 2.84. The Bertz CT molecular complexity index is 910. The molecule has 1 aromatic carbocycles. The third-order valence-corrected chi connectivity index (χ3v) is 5.76. The molecular formula is C25H40N6O6. The van der Waals surface area contributed by atoms with Crippen molar-refractivity contribution in [1.82, 2.24) is 16.0 Å². The van der Waals surface area contributed by atoms with Gasteiger partial charge in [0.25, 0.3) is 0 Å². The van der Waals surface area contributed by atoms with Crippen LogP contribution in [0.25, 0.3) is 0 Å². The largest absolute Gasteiger partial charge is 0.480 e. The van der Waals surface area contributed by atoms with Gasteiger partial charge in [0.1, 0.15) is 18.1 Å². The zero-order chi connectivity index (χ0) is 28.0. The molecule has 0 spiro atoms. The number of unbranched alkanes of at least 4 members (excludes halogenated alkanes) is 1. The van der Waals surface area contributed by atoms with E-state index >= 15 is 0 Å². The lowest BCUT2D eigenvalue weighted by atomic mass is 10.0. The molecule has 0 aromatic heterocycles. The fraction of sp³-hybridized carbons (Fsp3) is 0.560. The zero-order valence-electron chi connectivity index (χ0n) is 21.4. The van der Waals surface area contributed by atoms with Crippen molar-refractivity contribution >= 4 is 29.6 Å². The maximum Gasteiger partial charge on any atom is 0.326 e. The van der Waals surface area contributed by atoms with Gasteiger partial charge in [-0.2, -0.15) is 0 Å². The third-order valence-electron chi connectivity index (χ3n) is 5.76. The Morgan fingerprint density at radius 2 is 1.49 bits per heavy atom. The quantitative estimate of drug-likeness (QED) is 0.128. The lowest BCUT2D eigenvalue weighted by molar-refractivity contribution is -0.142. The van der Waals surface area contributed by atoms with E-state index in [0.29, 0.717) is 19.4 Å². The van der Waals surface area contributed by atoms with E-state index in [2.05, 4.69) is 16.0 Å². The fourth-order valence-electron chi connectivity index (χ4n) is 3.57. The first-order chi connectivity index (χ1) is 17.5. The molecule has 1 aromatic rings. The van der Waals surface area contributed by atoms with E-state index in [0.717, 1.165) is 5.56 Å². The van der Waals surface area contributed by atoms with Gasteiger partial charge in [0.15, 0.2) is 0 Å². The van der Waals surface area contributed by atoms with E-state index < -0.39 is 53.8 Å². The van der Waals surface area contributed by atoms with Crippen molar-refractivity contribution in [3.63, 3.8) is 0 Å². The van der Waals surface area contributed by atoms with Crippen LogP contribution in [0.1, 0.15) is 51.5 Å². The lowest BCUT2D eigenvalue weighted by Crippen LogP contribution is -2.58. The maximum absolute atomic E-state index is 13.1. The summed E-state index contributed by atoms with van der Waals surface area (Å²) in [6.45, 7) is 3.81. The van der Waals surface area contributed by atoms with Crippen LogP contribution in [0.4, 0.5) is 0 Å². The van der Waals surface area contributed by atoms with Gasteiger partial charge in [-0.3, -0.25) is 19.2 Å². The summed E-state index contributed by atoms with van der Waals surface area (Å²) in [5, 5.41) is 17.4. The number of carbonyl (C=O) groups excluding carboxylic acids is 4. The monoisotopic (exact) mass is 520 g/mol. The molecule has 0 fully saturated rings. The van der Waals surface area contributed by atoms with Crippen LogP contribution in [0.15, 0.2) is 30.3 Å². The van der Waals surface area contributed by atoms with Crippen LogP contribution < -0.4 is 33.2 Å². The molecule has 206 valence electrons. The Kier molecular flexibility index (Phi) is 13.9. The van der Waals surface area contributed by atoms with Gasteiger partial charge in [0.05, 0.1) is 6.04 Å². The zero-order valence-corrected chi connectivity index (χ0v) is 21.4. The summed E-state index contributed by atoms with van der Waals surface area (Å²) in [7, 11) is 0. The first kappa shape index (κ1) is 31.5. The number of carboxylic acids is 1. The molecule has 0 saturated carbocycles. The molecule has 0 aliphatic heterocycles. The van der Waals surface area contributed by atoms with E-state index in [-0.39, 0.29) is 31.6 Å². The van der Waals surface area contributed by atoms with Gasteiger partial charge in [-0.15, -0.1) is 0 Å². The van der Waals surface area contributed by atoms with Crippen LogP contribution in [0.3, 0.4) is 0 Å². The van der Waals surface area contributed by atoms with E-state index in [1.54, 1.807) is 44.2 Å². The molecule has 4 unspecified atom stereocenters. The van der Waals surface area contributed by atoms with Crippen molar-refractivity contribution in [3.8, 4) is 0 Å². The molecular weight excluding hydrogens is 480 g/mol. The summed E-state index contributed by atoms with van der Waals surface area (Å²) < 4.78 is 0. The van der Waals surface area contributed by atoms with Crippen molar-refractivity contribution in [3.05, 3.63) is 35.9 Å². The van der Waals surface area contributed by atoms with Crippen LogP contribution in [-0.2, 0) is 30.4 Å². The second-order valence-corrected chi connectivity index (χ2v) is 9.28. The molecule has 0 radical (unpaired) electrons. The van der Waals surface area contributed by atoms with Crippen LogP contribution in [0.5, 0.6) is 0 Å². The second kappa shape index (κ2) is 16.3. The molecule has 12 nitrogen and oxygen atoms in total. The highest BCUT2D eigenvalue weighted by Gasteiger charge is 2.31. The number of hydrogen-bond donors (Lipinski definition) is 7. The molecule has 4 amide bonds. The maximum atomic E-state index is 13.1. The van der Waals surface area contributed by atoms with Crippen molar-refractivity contribution in [2.24, 2.45) is 23.1 Å². The summed E-state index contributed by atoms with van der Waals surface area (Å²) in [5.74, 6) is -4.06. The number of nitrogens with one attached hydrogen (secondary N) is 3. The van der Waals surface area contributed by atoms with Gasteiger partial charge in [0, 0.05) is 12.8 Å². The van der Waals surface area contributed by atoms with E-state index in [4.69, 9.17) is 17.2 Å². The van der Waals surface area contributed by atoms with Gasteiger partial charge >= 0.3 is 5.97 Å². The predicted octanol–water partition coefficient (Wildman–Crippen LogP) is -0.854. The number of hydrogen-bond acceptors (Lipinski definition) is 7. The van der Waals surface area contributed by atoms with Crippen LogP contribution >= 0.6 is 0 Å². The fourth-order valence-corrected chi connectivity index (χ4v) is 3.57. The number of carbonyl (C=O) groups is 5. The van der Waals surface area contributed by atoms with Crippen molar-refractivity contribution in [1.29, 1.82) is 0 Å². The molecule has 0 aliphatic rings. The Labute approximate surface area is 217 Å². The molecule has 4 atom stereocenters. The normalized spacial score (nSPS) is 14.2. The average molecular weight is 521 g/mol. The topological polar surface area (TPSA) is 220 Å². The van der Waals surface area contributed by atoms with E-state index in [1.165, 1.54) is 0 Å². The van der Waals surface area contributed by atoms with Crippen LogP contribution in [0.2, 0.25) is 0 Å². The van der Waals surface area contributed by atoms with Gasteiger partial charge in [0.2, 0.25) is 23.6 Å². The SMILES string of the molecule is CC(C)C(NC(=O)C(N)CCC(N)=O)C(=O)NC(CCCCN)C(=O)NC(Cc1ccccc1)C(=O)O. The highest BCUT2D eigenvalue weighted by atomic mass is 16.4. The van der Waals surface area contributed by atoms with Crippen LogP contribution in [-0.4, -0.2) is 65.4 Å².